The van der Waals surface area contributed by atoms with Crippen molar-refractivity contribution in [1.82, 2.24) is 4.98 Å². The van der Waals surface area contributed by atoms with Gasteiger partial charge in [0.15, 0.2) is 10.9 Å². The normalized spacial score (nSPS) is 11.1. The Kier molecular flexibility index (Phi) is 5.59. The molecular formula is C24H20F2N2OS. The van der Waals surface area contributed by atoms with Crippen LogP contribution in [0.1, 0.15) is 22.3 Å². The minimum Gasteiger partial charge on any atom is -0.283 e. The number of hydrogen-bond donors (Lipinski definition) is 0. The van der Waals surface area contributed by atoms with Gasteiger partial charge in [-0.05, 0) is 42.2 Å². The van der Waals surface area contributed by atoms with Crippen LogP contribution in [-0.4, -0.2) is 10.9 Å². The fourth-order valence-corrected chi connectivity index (χ4v) is 4.29. The maximum absolute atomic E-state index is 14.2. The number of aromatic nitrogens is 1. The van der Waals surface area contributed by atoms with Crippen molar-refractivity contribution in [1.29, 1.82) is 0 Å². The van der Waals surface area contributed by atoms with Crippen LogP contribution in [0.4, 0.5) is 13.9 Å². The number of aryl methyl sites for hydroxylation is 2. The van der Waals surface area contributed by atoms with Crippen molar-refractivity contribution in [3.8, 4) is 0 Å². The van der Waals surface area contributed by atoms with Gasteiger partial charge in [-0.15, -0.1) is 0 Å². The van der Waals surface area contributed by atoms with Crippen LogP contribution < -0.4 is 4.90 Å². The summed E-state index contributed by atoms with van der Waals surface area (Å²) in [6.07, 6.45) is 0.195. The van der Waals surface area contributed by atoms with E-state index in [1.807, 2.05) is 62.4 Å². The Hall–Kier alpha value is -3.12. The molecule has 3 nitrogen and oxygen atoms in total. The Morgan fingerprint density at radius 1 is 0.967 bits per heavy atom. The van der Waals surface area contributed by atoms with Gasteiger partial charge in [0.25, 0.3) is 0 Å². The average molecular weight is 423 g/mol. The minimum atomic E-state index is -0.728. The van der Waals surface area contributed by atoms with E-state index in [1.54, 1.807) is 4.90 Å². The number of benzene rings is 3. The third-order valence-electron chi connectivity index (χ3n) is 5.04. The second-order valence-corrected chi connectivity index (χ2v) is 8.30. The average Bonchev–Trinajstić information content (AvgIpc) is 3.13. The third-order valence-corrected chi connectivity index (χ3v) is 6.07. The van der Waals surface area contributed by atoms with Crippen molar-refractivity contribution in [2.45, 2.75) is 26.8 Å². The molecule has 0 unspecified atom stereocenters. The van der Waals surface area contributed by atoms with E-state index in [9.17, 15) is 13.6 Å². The van der Waals surface area contributed by atoms with Crippen LogP contribution in [0.5, 0.6) is 0 Å². The first-order valence-electron chi connectivity index (χ1n) is 9.57. The predicted octanol–water partition coefficient (Wildman–Crippen LogP) is 5.97. The quantitative estimate of drug-likeness (QED) is 0.397. The first-order valence-corrected chi connectivity index (χ1v) is 10.4. The summed E-state index contributed by atoms with van der Waals surface area (Å²) in [5.41, 5.74) is 4.19. The standard InChI is InChI=1S/C24H20F2N2OS/c1-15-8-9-18(10-16(15)2)11-22(29)28(14-17-6-4-3-5-7-17)24-27-23-20(26)12-19(25)13-21(23)30-24/h3-10,12-13H,11,14H2,1-2H3. The molecule has 0 aliphatic rings. The highest BCUT2D eigenvalue weighted by Crippen LogP contribution is 2.32. The smallest absolute Gasteiger partial charge is 0.233 e. The lowest BCUT2D eigenvalue weighted by molar-refractivity contribution is -0.118. The summed E-state index contributed by atoms with van der Waals surface area (Å²) in [5.74, 6) is -1.54. The van der Waals surface area contributed by atoms with E-state index >= 15 is 0 Å². The van der Waals surface area contributed by atoms with Crippen LogP contribution in [0, 0.1) is 25.5 Å². The number of hydrogen-bond acceptors (Lipinski definition) is 3. The summed E-state index contributed by atoms with van der Waals surface area (Å²) in [4.78, 5) is 19.1. The first kappa shape index (κ1) is 20.2. The number of anilines is 1. The molecule has 0 N–H and O–H groups in total. The molecule has 0 saturated heterocycles. The molecule has 0 bridgehead atoms. The van der Waals surface area contributed by atoms with Gasteiger partial charge >= 0.3 is 0 Å². The summed E-state index contributed by atoms with van der Waals surface area (Å²) in [6, 6.07) is 17.5. The molecule has 1 aromatic heterocycles. The van der Waals surface area contributed by atoms with E-state index < -0.39 is 11.6 Å². The van der Waals surface area contributed by atoms with Gasteiger partial charge in [0.1, 0.15) is 11.3 Å². The lowest BCUT2D eigenvalue weighted by Crippen LogP contribution is -2.31. The summed E-state index contributed by atoms with van der Waals surface area (Å²) in [6.45, 7) is 4.34. The van der Waals surface area contributed by atoms with E-state index in [-0.39, 0.29) is 17.8 Å². The summed E-state index contributed by atoms with van der Waals surface area (Å²) >= 11 is 1.11. The van der Waals surface area contributed by atoms with Crippen molar-refractivity contribution in [3.05, 3.63) is 94.6 Å². The van der Waals surface area contributed by atoms with E-state index in [4.69, 9.17) is 0 Å². The maximum atomic E-state index is 14.2. The lowest BCUT2D eigenvalue weighted by atomic mass is 10.0. The van der Waals surface area contributed by atoms with Crippen molar-refractivity contribution in [2.24, 2.45) is 0 Å². The van der Waals surface area contributed by atoms with Crippen molar-refractivity contribution in [2.75, 3.05) is 4.90 Å². The Bertz CT molecular complexity index is 1220. The molecule has 4 rings (SSSR count). The van der Waals surface area contributed by atoms with Crippen LogP contribution in [0.3, 0.4) is 0 Å². The van der Waals surface area contributed by atoms with Crippen molar-refractivity contribution in [3.63, 3.8) is 0 Å². The summed E-state index contributed by atoms with van der Waals surface area (Å²) in [7, 11) is 0. The van der Waals surface area contributed by atoms with E-state index in [0.29, 0.717) is 16.4 Å². The Morgan fingerprint density at radius 3 is 2.47 bits per heavy atom. The number of nitrogens with zero attached hydrogens (tertiary/aromatic N) is 2. The van der Waals surface area contributed by atoms with Crippen LogP contribution in [0.2, 0.25) is 0 Å². The largest absolute Gasteiger partial charge is 0.283 e. The van der Waals surface area contributed by atoms with E-state index in [1.165, 1.54) is 6.07 Å². The van der Waals surface area contributed by atoms with Crippen LogP contribution in [0.15, 0.2) is 60.7 Å². The van der Waals surface area contributed by atoms with Gasteiger partial charge in [-0.2, -0.15) is 0 Å². The molecule has 152 valence electrons. The topological polar surface area (TPSA) is 33.2 Å². The fourth-order valence-electron chi connectivity index (χ4n) is 3.27. The number of fused-ring (bicyclic) bond motifs is 1. The molecule has 0 radical (unpaired) electrons. The monoisotopic (exact) mass is 422 g/mol. The zero-order valence-corrected chi connectivity index (χ0v) is 17.5. The zero-order chi connectivity index (χ0) is 21.3. The molecule has 0 saturated carbocycles. The molecule has 3 aromatic carbocycles. The number of thiazole rings is 1. The van der Waals surface area contributed by atoms with Gasteiger partial charge in [-0.25, -0.2) is 13.8 Å². The van der Waals surface area contributed by atoms with Gasteiger partial charge in [-0.1, -0.05) is 59.9 Å². The van der Waals surface area contributed by atoms with Crippen LogP contribution >= 0.6 is 11.3 Å². The molecule has 1 heterocycles. The first-order chi connectivity index (χ1) is 14.4. The molecule has 4 aromatic rings. The Labute approximate surface area is 177 Å². The second kappa shape index (κ2) is 8.32. The highest BCUT2D eigenvalue weighted by molar-refractivity contribution is 7.22. The lowest BCUT2D eigenvalue weighted by Gasteiger charge is -2.20. The Morgan fingerprint density at radius 2 is 1.73 bits per heavy atom. The molecule has 0 aliphatic heterocycles. The third kappa shape index (κ3) is 4.24. The summed E-state index contributed by atoms with van der Waals surface area (Å²) < 4.78 is 28.2. The van der Waals surface area contributed by atoms with Gasteiger partial charge in [0, 0.05) is 6.07 Å². The van der Waals surface area contributed by atoms with Gasteiger partial charge in [0.2, 0.25) is 5.91 Å². The molecule has 0 spiro atoms. The number of halogens is 2. The van der Waals surface area contributed by atoms with E-state index in [0.717, 1.165) is 39.7 Å². The zero-order valence-electron chi connectivity index (χ0n) is 16.7. The van der Waals surface area contributed by atoms with Crippen LogP contribution in [0.25, 0.3) is 10.2 Å². The van der Waals surface area contributed by atoms with Crippen LogP contribution in [-0.2, 0) is 17.8 Å². The number of amides is 1. The molecule has 0 fully saturated rings. The van der Waals surface area contributed by atoms with Crippen molar-refractivity contribution >= 4 is 32.6 Å². The number of rotatable bonds is 5. The number of carbonyl (C=O) groups is 1. The summed E-state index contributed by atoms with van der Waals surface area (Å²) in [5, 5.41) is 0.354. The Balaban J connectivity index is 1.71. The number of carbonyl (C=O) groups excluding carboxylic acids is 1. The van der Waals surface area contributed by atoms with Gasteiger partial charge in [-0.3, -0.25) is 9.69 Å². The molecule has 0 aliphatic carbocycles. The maximum Gasteiger partial charge on any atom is 0.233 e. The molecule has 30 heavy (non-hydrogen) atoms. The highest BCUT2D eigenvalue weighted by Gasteiger charge is 2.22. The second-order valence-electron chi connectivity index (χ2n) is 7.29. The fraction of sp³-hybridized carbons (Fsp3) is 0.167. The molecule has 0 atom stereocenters. The van der Waals surface area contributed by atoms with Crippen molar-refractivity contribution < 1.29 is 13.6 Å². The highest BCUT2D eigenvalue weighted by atomic mass is 32.1. The van der Waals surface area contributed by atoms with E-state index in [2.05, 4.69) is 4.98 Å². The van der Waals surface area contributed by atoms with Gasteiger partial charge in [0.05, 0.1) is 17.7 Å². The molecular weight excluding hydrogens is 402 g/mol. The predicted molar refractivity (Wildman–Crippen MR) is 117 cm³/mol. The molecule has 6 heteroatoms. The van der Waals surface area contributed by atoms with Gasteiger partial charge < -0.3 is 0 Å². The molecule has 1 amide bonds. The SMILES string of the molecule is Cc1ccc(CC(=O)N(Cc2ccccc2)c2nc3c(F)cc(F)cc3s2)cc1C. The minimum absolute atomic E-state index is 0.0773.